The van der Waals surface area contributed by atoms with E-state index in [-0.39, 0.29) is 17.5 Å². The Balaban J connectivity index is 2.14. The molecule has 3 heterocycles. The number of methoxy groups -OCH3 is 2. The molecule has 32 heavy (non-hydrogen) atoms. The molecule has 1 amide bonds. The predicted octanol–water partition coefficient (Wildman–Crippen LogP) is 4.16. The first-order valence-corrected chi connectivity index (χ1v) is 10.6. The minimum Gasteiger partial charge on any atom is -0.464 e. The number of nitrogens with zero attached hydrogens (tertiary/aromatic N) is 2. The van der Waals surface area contributed by atoms with Gasteiger partial charge in [0.25, 0.3) is 5.91 Å². The number of amides is 1. The molecule has 1 atom stereocenters. The van der Waals surface area contributed by atoms with Crippen LogP contribution in [-0.2, 0) is 16.0 Å². The Morgan fingerprint density at radius 2 is 2.03 bits per heavy atom. The first-order chi connectivity index (χ1) is 15.3. The topological polar surface area (TPSA) is 108 Å². The molecule has 0 aromatic carbocycles. The lowest BCUT2D eigenvalue weighted by Gasteiger charge is -2.14. The second kappa shape index (κ2) is 10.3. The molecule has 0 saturated carbocycles. The second-order valence-corrected chi connectivity index (χ2v) is 8.08. The molecular formula is C23H30N4O5. The van der Waals surface area contributed by atoms with Crippen LogP contribution in [0.25, 0.3) is 11.0 Å². The number of hydrogen-bond acceptors (Lipinski definition) is 7. The monoisotopic (exact) mass is 442 g/mol. The van der Waals surface area contributed by atoms with Crippen molar-refractivity contribution in [1.82, 2.24) is 9.55 Å². The third-order valence-corrected chi connectivity index (χ3v) is 5.02. The molecule has 0 bridgehead atoms. The van der Waals surface area contributed by atoms with E-state index in [1.165, 1.54) is 13.4 Å². The molecule has 0 fully saturated rings. The number of nitrogens with one attached hydrogen (secondary N) is 2. The van der Waals surface area contributed by atoms with Crippen molar-refractivity contribution < 1.29 is 23.5 Å². The van der Waals surface area contributed by atoms with Gasteiger partial charge in [-0.25, -0.2) is 9.78 Å². The number of pyridine rings is 1. The fourth-order valence-electron chi connectivity index (χ4n) is 3.50. The highest BCUT2D eigenvalue weighted by molar-refractivity contribution is 6.14. The number of fused-ring (bicyclic) bond motifs is 1. The summed E-state index contributed by atoms with van der Waals surface area (Å²) < 4.78 is 17.3. The lowest BCUT2D eigenvalue weighted by atomic mass is 10.1. The number of carbonyl (C=O) groups is 2. The van der Waals surface area contributed by atoms with Crippen LogP contribution in [0.3, 0.4) is 0 Å². The Labute approximate surface area is 187 Å². The molecule has 0 aliphatic carbocycles. The number of aromatic nitrogens is 2. The van der Waals surface area contributed by atoms with E-state index < -0.39 is 11.9 Å². The van der Waals surface area contributed by atoms with Crippen LogP contribution in [0.15, 0.2) is 35.1 Å². The van der Waals surface area contributed by atoms with Crippen LogP contribution in [0.5, 0.6) is 0 Å². The summed E-state index contributed by atoms with van der Waals surface area (Å²) in [5.74, 6) is -0.465. The van der Waals surface area contributed by atoms with Crippen molar-refractivity contribution in [2.24, 2.45) is 5.92 Å². The van der Waals surface area contributed by atoms with Crippen molar-refractivity contribution in [2.75, 3.05) is 31.5 Å². The molecule has 9 nitrogen and oxygen atoms in total. The number of rotatable bonds is 10. The van der Waals surface area contributed by atoms with Crippen molar-refractivity contribution in [3.63, 3.8) is 0 Å². The number of furan rings is 1. The molecule has 2 N–H and O–H groups in total. The summed E-state index contributed by atoms with van der Waals surface area (Å²) in [7, 11) is 2.96. The Morgan fingerprint density at radius 1 is 1.25 bits per heavy atom. The lowest BCUT2D eigenvalue weighted by Crippen LogP contribution is -2.20. The normalized spacial score (nSPS) is 12.2. The van der Waals surface area contributed by atoms with Gasteiger partial charge in [-0.05, 0) is 37.5 Å². The third-order valence-electron chi connectivity index (χ3n) is 5.02. The predicted molar refractivity (Wildman–Crippen MR) is 122 cm³/mol. The standard InChI is InChI=1S/C23H30N4O5/c1-14(2)8-9-27-20(23(29)31-5)19(26-22(28)18-7-6-10-32-18)17-11-16(12-24-21(17)27)25-15(3)13-30-4/h6-7,10-12,14-15,25H,8-9,13H2,1-5H3,(H,26,28). The molecule has 3 aromatic heterocycles. The van der Waals surface area contributed by atoms with E-state index >= 15 is 0 Å². The first-order valence-electron chi connectivity index (χ1n) is 10.6. The number of hydrogen-bond donors (Lipinski definition) is 2. The van der Waals surface area contributed by atoms with Gasteiger partial charge in [-0.15, -0.1) is 0 Å². The van der Waals surface area contributed by atoms with Gasteiger partial charge >= 0.3 is 5.97 Å². The summed E-state index contributed by atoms with van der Waals surface area (Å²) in [6.07, 6.45) is 3.95. The average molecular weight is 443 g/mol. The summed E-state index contributed by atoms with van der Waals surface area (Å²) >= 11 is 0. The molecule has 0 radical (unpaired) electrons. The van der Waals surface area contributed by atoms with E-state index in [0.29, 0.717) is 35.8 Å². The molecule has 0 aliphatic heterocycles. The largest absolute Gasteiger partial charge is 0.464 e. The van der Waals surface area contributed by atoms with Crippen LogP contribution < -0.4 is 10.6 Å². The molecule has 0 aliphatic rings. The van der Waals surface area contributed by atoms with Crippen LogP contribution in [0.2, 0.25) is 0 Å². The zero-order chi connectivity index (χ0) is 23.3. The number of anilines is 2. The third kappa shape index (κ3) is 5.11. The summed E-state index contributed by atoms with van der Waals surface area (Å²) in [4.78, 5) is 30.2. The zero-order valence-corrected chi connectivity index (χ0v) is 19.1. The van der Waals surface area contributed by atoms with E-state index in [1.54, 1.807) is 30.0 Å². The molecule has 9 heteroatoms. The van der Waals surface area contributed by atoms with E-state index in [0.717, 1.165) is 12.1 Å². The fraction of sp³-hybridized carbons (Fsp3) is 0.435. The van der Waals surface area contributed by atoms with Crippen molar-refractivity contribution >= 4 is 34.3 Å². The number of aryl methyl sites for hydroxylation is 1. The highest BCUT2D eigenvalue weighted by Gasteiger charge is 2.27. The highest BCUT2D eigenvalue weighted by atomic mass is 16.5. The molecule has 172 valence electrons. The fourth-order valence-corrected chi connectivity index (χ4v) is 3.50. The molecule has 0 saturated heterocycles. The van der Waals surface area contributed by atoms with Crippen LogP contribution in [0.4, 0.5) is 11.4 Å². The van der Waals surface area contributed by atoms with Gasteiger partial charge in [-0.2, -0.15) is 0 Å². The van der Waals surface area contributed by atoms with Gasteiger partial charge in [0.2, 0.25) is 0 Å². The Hall–Kier alpha value is -3.33. The maximum absolute atomic E-state index is 12.8. The summed E-state index contributed by atoms with van der Waals surface area (Å²) in [5.41, 5.74) is 1.92. The minimum atomic E-state index is -0.552. The van der Waals surface area contributed by atoms with Crippen LogP contribution in [0.1, 0.15) is 48.2 Å². The zero-order valence-electron chi connectivity index (χ0n) is 19.1. The number of ether oxygens (including phenoxy) is 2. The number of esters is 1. The van der Waals surface area contributed by atoms with E-state index in [2.05, 4.69) is 29.5 Å². The maximum atomic E-state index is 12.8. The second-order valence-electron chi connectivity index (χ2n) is 8.08. The van der Waals surface area contributed by atoms with Crippen LogP contribution in [-0.4, -0.2) is 48.3 Å². The minimum absolute atomic E-state index is 0.0449. The first kappa shape index (κ1) is 23.3. The quantitative estimate of drug-likeness (QED) is 0.454. The van der Waals surface area contributed by atoms with Crippen LogP contribution in [0, 0.1) is 5.92 Å². The van der Waals surface area contributed by atoms with E-state index in [4.69, 9.17) is 13.9 Å². The van der Waals surface area contributed by atoms with Gasteiger partial charge < -0.3 is 29.1 Å². The molecule has 0 spiro atoms. The highest BCUT2D eigenvalue weighted by Crippen LogP contribution is 2.33. The van der Waals surface area contributed by atoms with Crippen molar-refractivity contribution in [1.29, 1.82) is 0 Å². The van der Waals surface area contributed by atoms with Gasteiger partial charge in [-0.3, -0.25) is 4.79 Å². The van der Waals surface area contributed by atoms with E-state index in [1.807, 2.05) is 13.0 Å². The van der Waals surface area contributed by atoms with Gasteiger partial charge in [0, 0.05) is 25.1 Å². The Kier molecular flexibility index (Phi) is 7.53. The van der Waals surface area contributed by atoms with Crippen molar-refractivity contribution in [3.05, 3.63) is 42.1 Å². The average Bonchev–Trinajstić information content (AvgIpc) is 3.39. The smallest absolute Gasteiger partial charge is 0.356 e. The van der Waals surface area contributed by atoms with Gasteiger partial charge in [-0.1, -0.05) is 13.8 Å². The number of carbonyl (C=O) groups excluding carboxylic acids is 2. The summed E-state index contributed by atoms with van der Waals surface area (Å²) in [6.45, 7) is 7.27. The SMILES string of the molecule is COCC(C)Nc1cnc2c(c1)c(NC(=O)c1ccco1)c(C(=O)OC)n2CCC(C)C. The molecule has 1 unspecified atom stereocenters. The van der Waals surface area contributed by atoms with Crippen molar-refractivity contribution in [2.45, 2.75) is 39.8 Å². The van der Waals surface area contributed by atoms with Gasteiger partial charge in [0.05, 0.1) is 37.6 Å². The molecule has 3 rings (SSSR count). The Bertz CT molecular complexity index is 1070. The maximum Gasteiger partial charge on any atom is 0.356 e. The molecular weight excluding hydrogens is 412 g/mol. The van der Waals surface area contributed by atoms with Crippen LogP contribution >= 0.6 is 0 Å². The van der Waals surface area contributed by atoms with Gasteiger partial charge in [0.15, 0.2) is 11.5 Å². The van der Waals surface area contributed by atoms with Gasteiger partial charge in [0.1, 0.15) is 5.65 Å². The van der Waals surface area contributed by atoms with Crippen molar-refractivity contribution in [3.8, 4) is 0 Å². The molecule has 3 aromatic rings. The summed E-state index contributed by atoms with van der Waals surface area (Å²) in [5, 5.41) is 6.79. The summed E-state index contributed by atoms with van der Waals surface area (Å²) in [6, 6.07) is 5.10. The lowest BCUT2D eigenvalue weighted by molar-refractivity contribution is 0.0589. The Morgan fingerprint density at radius 3 is 2.66 bits per heavy atom. The van der Waals surface area contributed by atoms with E-state index in [9.17, 15) is 9.59 Å².